The van der Waals surface area contributed by atoms with E-state index in [1.807, 2.05) is 0 Å². The maximum absolute atomic E-state index is 2.30. The molecule has 0 spiro atoms. The van der Waals surface area contributed by atoms with Crippen molar-refractivity contribution in [2.45, 2.75) is 13.8 Å². The number of hydrogen-bond acceptors (Lipinski definition) is 1. The summed E-state index contributed by atoms with van der Waals surface area (Å²) < 4.78 is 0. The Morgan fingerprint density at radius 3 is 1.49 bits per heavy atom. The van der Waals surface area contributed by atoms with Gasteiger partial charge in [-0.15, -0.1) is 0 Å². The van der Waals surface area contributed by atoms with Crippen LogP contribution < -0.4 is 4.90 Å². The molecular formula is C34H29N. The molecule has 0 N–H and O–H groups in total. The fourth-order valence-corrected chi connectivity index (χ4v) is 4.21. The molecule has 0 aliphatic carbocycles. The van der Waals surface area contributed by atoms with Crippen molar-refractivity contribution in [3.63, 3.8) is 0 Å². The van der Waals surface area contributed by atoms with Crippen LogP contribution >= 0.6 is 0 Å². The Morgan fingerprint density at radius 2 is 0.914 bits per heavy atom. The maximum atomic E-state index is 2.30. The van der Waals surface area contributed by atoms with Crippen LogP contribution in [0.15, 0.2) is 127 Å². The lowest BCUT2D eigenvalue weighted by Crippen LogP contribution is -2.09. The van der Waals surface area contributed by atoms with Gasteiger partial charge in [0, 0.05) is 17.1 Å². The molecule has 0 fully saturated rings. The van der Waals surface area contributed by atoms with Gasteiger partial charge in [-0.2, -0.15) is 0 Å². The highest BCUT2D eigenvalue weighted by molar-refractivity contribution is 5.79. The summed E-state index contributed by atoms with van der Waals surface area (Å²) in [5.74, 6) is 0. The molecule has 5 aromatic carbocycles. The number of anilines is 3. The van der Waals surface area contributed by atoms with Gasteiger partial charge in [-0.3, -0.25) is 0 Å². The predicted octanol–water partition coefficient (Wildman–Crippen LogP) is 9.61. The van der Waals surface area contributed by atoms with Gasteiger partial charge in [0.2, 0.25) is 0 Å². The van der Waals surface area contributed by atoms with Gasteiger partial charge < -0.3 is 4.90 Å². The Kier molecular flexibility index (Phi) is 6.59. The first kappa shape index (κ1) is 22.4. The predicted molar refractivity (Wildman–Crippen MR) is 151 cm³/mol. The largest absolute Gasteiger partial charge is 0.311 e. The van der Waals surface area contributed by atoms with Gasteiger partial charge in [-0.05, 0) is 78.6 Å². The Labute approximate surface area is 208 Å². The van der Waals surface area contributed by atoms with E-state index >= 15 is 0 Å². The molecule has 5 aromatic rings. The van der Waals surface area contributed by atoms with Crippen molar-refractivity contribution in [3.05, 3.63) is 150 Å². The van der Waals surface area contributed by atoms with E-state index in [1.54, 1.807) is 0 Å². The summed E-state index contributed by atoms with van der Waals surface area (Å²) in [6.45, 7) is 4.24. The molecular weight excluding hydrogens is 422 g/mol. The highest BCUT2D eigenvalue weighted by Gasteiger charge is 2.12. The van der Waals surface area contributed by atoms with E-state index in [0.29, 0.717) is 0 Å². The van der Waals surface area contributed by atoms with Crippen LogP contribution in [-0.2, 0) is 0 Å². The van der Waals surface area contributed by atoms with Crippen LogP contribution in [0.5, 0.6) is 0 Å². The van der Waals surface area contributed by atoms with Crippen LogP contribution in [-0.4, -0.2) is 0 Å². The average molecular weight is 452 g/mol. The second-order valence-electron chi connectivity index (χ2n) is 8.92. The number of aryl methyl sites for hydroxylation is 2. The van der Waals surface area contributed by atoms with Crippen molar-refractivity contribution in [2.75, 3.05) is 4.90 Å². The van der Waals surface area contributed by atoms with Crippen molar-refractivity contribution >= 4 is 29.2 Å². The molecule has 0 aliphatic heterocycles. The molecule has 0 amide bonds. The second-order valence-corrected chi connectivity index (χ2v) is 8.92. The van der Waals surface area contributed by atoms with Gasteiger partial charge in [-0.25, -0.2) is 0 Å². The highest BCUT2D eigenvalue weighted by Crippen LogP contribution is 2.35. The molecule has 0 aromatic heterocycles. The minimum Gasteiger partial charge on any atom is -0.311 e. The lowest BCUT2D eigenvalue weighted by molar-refractivity contribution is 1.27. The molecule has 0 bridgehead atoms. The van der Waals surface area contributed by atoms with Gasteiger partial charge in [0.1, 0.15) is 0 Å². The summed E-state index contributed by atoms with van der Waals surface area (Å²) in [5.41, 5.74) is 10.8. The molecule has 0 heterocycles. The third-order valence-corrected chi connectivity index (χ3v) is 6.20. The smallest absolute Gasteiger partial charge is 0.0462 e. The normalized spacial score (nSPS) is 11.0. The zero-order valence-corrected chi connectivity index (χ0v) is 20.2. The van der Waals surface area contributed by atoms with E-state index in [0.717, 1.165) is 17.1 Å². The maximum Gasteiger partial charge on any atom is 0.0462 e. The lowest BCUT2D eigenvalue weighted by Gasteiger charge is -2.25. The van der Waals surface area contributed by atoms with E-state index < -0.39 is 0 Å². The van der Waals surface area contributed by atoms with Gasteiger partial charge in [-0.1, -0.05) is 108 Å². The molecule has 1 nitrogen and oxygen atoms in total. The SMILES string of the molecule is Cc1ccc(N(c2ccc(C)cc2)c2ccc(C=Cc3cccc(-c4ccccc4)c3)cc2)cc1. The summed E-state index contributed by atoms with van der Waals surface area (Å²) in [6.07, 6.45) is 4.36. The van der Waals surface area contributed by atoms with Crippen molar-refractivity contribution in [3.8, 4) is 11.1 Å². The molecule has 0 aliphatic rings. The summed E-state index contributed by atoms with van der Waals surface area (Å²) >= 11 is 0. The van der Waals surface area contributed by atoms with Crippen molar-refractivity contribution in [1.29, 1.82) is 0 Å². The number of hydrogen-bond donors (Lipinski definition) is 0. The van der Waals surface area contributed by atoms with E-state index in [1.165, 1.54) is 33.4 Å². The number of benzene rings is 5. The Hall–Kier alpha value is -4.36. The van der Waals surface area contributed by atoms with Crippen LogP contribution in [0.3, 0.4) is 0 Å². The molecule has 0 unspecified atom stereocenters. The molecule has 1 heteroatoms. The van der Waals surface area contributed by atoms with Crippen LogP contribution in [0.4, 0.5) is 17.1 Å². The van der Waals surface area contributed by atoms with E-state index in [4.69, 9.17) is 0 Å². The zero-order chi connectivity index (χ0) is 24.0. The fourth-order valence-electron chi connectivity index (χ4n) is 4.21. The second kappa shape index (κ2) is 10.3. The Morgan fingerprint density at radius 1 is 0.429 bits per heavy atom. The molecule has 0 saturated heterocycles. The van der Waals surface area contributed by atoms with Crippen LogP contribution in [0.2, 0.25) is 0 Å². The van der Waals surface area contributed by atoms with E-state index in [9.17, 15) is 0 Å². The number of rotatable bonds is 6. The molecule has 5 rings (SSSR count). The van der Waals surface area contributed by atoms with E-state index in [-0.39, 0.29) is 0 Å². The summed E-state index contributed by atoms with van der Waals surface area (Å²) in [7, 11) is 0. The van der Waals surface area contributed by atoms with Gasteiger partial charge in [0.15, 0.2) is 0 Å². The molecule has 0 radical (unpaired) electrons. The first-order valence-electron chi connectivity index (χ1n) is 12.0. The fraction of sp³-hybridized carbons (Fsp3) is 0.0588. The molecule has 35 heavy (non-hydrogen) atoms. The van der Waals surface area contributed by atoms with E-state index in [2.05, 4.69) is 158 Å². The molecule has 0 atom stereocenters. The first-order valence-corrected chi connectivity index (χ1v) is 12.0. The van der Waals surface area contributed by atoms with Gasteiger partial charge in [0.05, 0.1) is 0 Å². The summed E-state index contributed by atoms with van der Waals surface area (Å²) in [6, 6.07) is 45.3. The molecule has 0 saturated carbocycles. The zero-order valence-electron chi connectivity index (χ0n) is 20.2. The van der Waals surface area contributed by atoms with Crippen LogP contribution in [0, 0.1) is 13.8 Å². The Balaban J connectivity index is 1.41. The average Bonchev–Trinajstić information content (AvgIpc) is 2.91. The third-order valence-electron chi connectivity index (χ3n) is 6.20. The van der Waals surface area contributed by atoms with Crippen LogP contribution in [0.25, 0.3) is 23.3 Å². The van der Waals surface area contributed by atoms with Crippen LogP contribution in [0.1, 0.15) is 22.3 Å². The molecule has 170 valence electrons. The number of nitrogens with zero attached hydrogens (tertiary/aromatic N) is 1. The third kappa shape index (κ3) is 5.42. The highest BCUT2D eigenvalue weighted by atomic mass is 15.1. The lowest BCUT2D eigenvalue weighted by atomic mass is 10.0. The standard InChI is InChI=1S/C34H29N/c1-26-11-19-32(20-12-26)35(33-21-13-27(2)14-22-33)34-23-17-28(18-24-34)15-16-29-7-6-10-31(25-29)30-8-4-3-5-9-30/h3-25H,1-2H3. The monoisotopic (exact) mass is 451 g/mol. The quantitative estimate of drug-likeness (QED) is 0.232. The van der Waals surface area contributed by atoms with Gasteiger partial charge >= 0.3 is 0 Å². The summed E-state index contributed by atoms with van der Waals surface area (Å²) in [5, 5.41) is 0. The minimum atomic E-state index is 1.14. The summed E-state index contributed by atoms with van der Waals surface area (Å²) in [4.78, 5) is 2.30. The van der Waals surface area contributed by atoms with Crippen molar-refractivity contribution in [2.24, 2.45) is 0 Å². The Bertz CT molecular complexity index is 1370. The van der Waals surface area contributed by atoms with Crippen molar-refractivity contribution < 1.29 is 0 Å². The topological polar surface area (TPSA) is 3.24 Å². The first-order chi connectivity index (χ1) is 17.2. The van der Waals surface area contributed by atoms with Gasteiger partial charge in [0.25, 0.3) is 0 Å². The minimum absolute atomic E-state index is 1.14. The van der Waals surface area contributed by atoms with Crippen molar-refractivity contribution in [1.82, 2.24) is 0 Å².